The van der Waals surface area contributed by atoms with Crippen LogP contribution < -0.4 is 5.32 Å². The molecule has 1 N–H and O–H groups in total. The molecule has 2 heterocycles. The van der Waals surface area contributed by atoms with Gasteiger partial charge in [0.2, 0.25) is 0 Å². The first-order valence-corrected chi connectivity index (χ1v) is 7.99. The van der Waals surface area contributed by atoms with Crippen LogP contribution in [0.15, 0.2) is 5.38 Å². The van der Waals surface area contributed by atoms with Gasteiger partial charge in [-0.1, -0.05) is 13.8 Å². The standard InChI is InChI=1S/C12H20N2S2/c1-8(2)12-14-11(7-16-12)9(3)13-10-4-5-15-6-10/h7-10,13H,4-6H2,1-3H3. The summed E-state index contributed by atoms with van der Waals surface area (Å²) in [7, 11) is 0. The van der Waals surface area contributed by atoms with E-state index in [9.17, 15) is 0 Å². The summed E-state index contributed by atoms with van der Waals surface area (Å²) >= 11 is 3.84. The van der Waals surface area contributed by atoms with Crippen LogP contribution in [0.25, 0.3) is 0 Å². The van der Waals surface area contributed by atoms with Crippen LogP contribution in [0, 0.1) is 0 Å². The molecule has 2 rings (SSSR count). The molecule has 0 bridgehead atoms. The Balaban J connectivity index is 1.94. The molecule has 0 spiro atoms. The van der Waals surface area contributed by atoms with E-state index in [1.165, 1.54) is 28.6 Å². The summed E-state index contributed by atoms with van der Waals surface area (Å²) < 4.78 is 0. The van der Waals surface area contributed by atoms with Crippen LogP contribution in [0.3, 0.4) is 0 Å². The topological polar surface area (TPSA) is 24.9 Å². The second kappa shape index (κ2) is 5.52. The summed E-state index contributed by atoms with van der Waals surface area (Å²) in [4.78, 5) is 4.70. The van der Waals surface area contributed by atoms with E-state index in [2.05, 4.69) is 31.5 Å². The van der Waals surface area contributed by atoms with Crippen molar-refractivity contribution in [3.63, 3.8) is 0 Å². The minimum Gasteiger partial charge on any atom is -0.305 e. The number of rotatable bonds is 4. The van der Waals surface area contributed by atoms with Crippen LogP contribution in [0.4, 0.5) is 0 Å². The number of aromatic nitrogens is 1. The fraction of sp³-hybridized carbons (Fsp3) is 0.750. The number of thiazole rings is 1. The third kappa shape index (κ3) is 2.99. The highest BCUT2D eigenvalue weighted by molar-refractivity contribution is 7.99. The fourth-order valence-corrected chi connectivity index (χ4v) is 3.96. The Morgan fingerprint density at radius 1 is 1.44 bits per heavy atom. The number of hydrogen-bond acceptors (Lipinski definition) is 4. The van der Waals surface area contributed by atoms with Gasteiger partial charge in [0.25, 0.3) is 0 Å². The molecule has 0 amide bonds. The molecular formula is C12H20N2S2. The van der Waals surface area contributed by atoms with E-state index >= 15 is 0 Å². The second-order valence-corrected chi connectivity index (χ2v) is 6.75. The molecule has 2 atom stereocenters. The van der Waals surface area contributed by atoms with Crippen molar-refractivity contribution in [1.82, 2.24) is 10.3 Å². The number of nitrogens with one attached hydrogen (secondary N) is 1. The number of nitrogens with zero attached hydrogens (tertiary/aromatic N) is 1. The van der Waals surface area contributed by atoms with Crippen molar-refractivity contribution in [2.45, 2.75) is 45.2 Å². The molecule has 1 aliphatic rings. The quantitative estimate of drug-likeness (QED) is 0.893. The van der Waals surface area contributed by atoms with Gasteiger partial charge in [0, 0.05) is 29.1 Å². The van der Waals surface area contributed by atoms with Gasteiger partial charge in [-0.3, -0.25) is 0 Å². The Bertz CT molecular complexity index is 330. The fourth-order valence-electron chi connectivity index (χ4n) is 1.87. The molecule has 16 heavy (non-hydrogen) atoms. The molecular weight excluding hydrogens is 236 g/mol. The predicted octanol–water partition coefficient (Wildman–Crippen LogP) is 3.42. The molecule has 0 aliphatic carbocycles. The van der Waals surface area contributed by atoms with E-state index in [0.29, 0.717) is 18.0 Å². The number of hydrogen-bond donors (Lipinski definition) is 1. The lowest BCUT2D eigenvalue weighted by Gasteiger charge is -2.16. The van der Waals surface area contributed by atoms with Crippen molar-refractivity contribution in [1.29, 1.82) is 0 Å². The van der Waals surface area contributed by atoms with E-state index < -0.39 is 0 Å². The highest BCUT2D eigenvalue weighted by Crippen LogP contribution is 2.25. The molecule has 1 aromatic heterocycles. The van der Waals surface area contributed by atoms with E-state index in [1.54, 1.807) is 11.3 Å². The Hall–Kier alpha value is -0.0600. The van der Waals surface area contributed by atoms with Crippen LogP contribution in [0.2, 0.25) is 0 Å². The molecule has 0 aromatic carbocycles. The Morgan fingerprint density at radius 2 is 2.25 bits per heavy atom. The zero-order chi connectivity index (χ0) is 11.5. The van der Waals surface area contributed by atoms with E-state index in [1.807, 2.05) is 11.8 Å². The van der Waals surface area contributed by atoms with Gasteiger partial charge in [-0.15, -0.1) is 11.3 Å². The lowest BCUT2D eigenvalue weighted by Crippen LogP contribution is -2.31. The smallest absolute Gasteiger partial charge is 0.0954 e. The average Bonchev–Trinajstić information content (AvgIpc) is 2.86. The van der Waals surface area contributed by atoms with E-state index in [4.69, 9.17) is 4.98 Å². The van der Waals surface area contributed by atoms with Crippen LogP contribution in [-0.2, 0) is 0 Å². The first-order chi connectivity index (χ1) is 7.66. The zero-order valence-corrected chi connectivity index (χ0v) is 11.8. The van der Waals surface area contributed by atoms with Crippen molar-refractivity contribution < 1.29 is 0 Å². The normalized spacial score (nSPS) is 22.9. The van der Waals surface area contributed by atoms with Crippen LogP contribution >= 0.6 is 23.1 Å². The molecule has 2 nitrogen and oxygen atoms in total. The number of thioether (sulfide) groups is 1. The van der Waals surface area contributed by atoms with Crippen molar-refractivity contribution in [3.8, 4) is 0 Å². The van der Waals surface area contributed by atoms with Crippen LogP contribution in [0.5, 0.6) is 0 Å². The maximum atomic E-state index is 4.70. The Morgan fingerprint density at radius 3 is 2.81 bits per heavy atom. The zero-order valence-electron chi connectivity index (χ0n) is 10.2. The third-order valence-corrected chi connectivity index (χ3v) is 5.22. The molecule has 0 saturated carbocycles. The van der Waals surface area contributed by atoms with Crippen molar-refractivity contribution >= 4 is 23.1 Å². The minimum absolute atomic E-state index is 0.396. The summed E-state index contributed by atoms with van der Waals surface area (Å²) in [5.41, 5.74) is 1.21. The van der Waals surface area contributed by atoms with Gasteiger partial charge in [0.15, 0.2) is 0 Å². The summed E-state index contributed by atoms with van der Waals surface area (Å²) in [6.07, 6.45) is 1.30. The predicted molar refractivity (Wildman–Crippen MR) is 73.5 cm³/mol. The first-order valence-electron chi connectivity index (χ1n) is 5.96. The van der Waals surface area contributed by atoms with Crippen LogP contribution in [0.1, 0.15) is 49.9 Å². The highest BCUT2D eigenvalue weighted by atomic mass is 32.2. The van der Waals surface area contributed by atoms with Crippen molar-refractivity contribution in [2.75, 3.05) is 11.5 Å². The van der Waals surface area contributed by atoms with Gasteiger partial charge in [0.1, 0.15) is 0 Å². The maximum absolute atomic E-state index is 4.70. The lowest BCUT2D eigenvalue weighted by molar-refractivity contribution is 0.479. The molecule has 1 fully saturated rings. The van der Waals surface area contributed by atoms with E-state index in [-0.39, 0.29) is 0 Å². The summed E-state index contributed by atoms with van der Waals surface area (Å²) in [6.45, 7) is 6.63. The largest absolute Gasteiger partial charge is 0.305 e. The average molecular weight is 256 g/mol. The lowest BCUT2D eigenvalue weighted by atomic mass is 10.2. The summed E-state index contributed by atoms with van der Waals surface area (Å²) in [6, 6.07) is 1.08. The Labute approximate surface area is 106 Å². The van der Waals surface area contributed by atoms with E-state index in [0.717, 1.165) is 0 Å². The minimum atomic E-state index is 0.396. The molecule has 4 heteroatoms. The summed E-state index contributed by atoms with van der Waals surface area (Å²) in [5, 5.41) is 7.13. The first kappa shape index (κ1) is 12.4. The maximum Gasteiger partial charge on any atom is 0.0954 e. The van der Waals surface area contributed by atoms with Crippen molar-refractivity contribution in [2.24, 2.45) is 0 Å². The molecule has 2 unspecified atom stereocenters. The third-order valence-electron chi connectivity index (χ3n) is 2.89. The van der Waals surface area contributed by atoms with Crippen molar-refractivity contribution in [3.05, 3.63) is 16.1 Å². The molecule has 1 saturated heterocycles. The Kier molecular flexibility index (Phi) is 4.27. The highest BCUT2D eigenvalue weighted by Gasteiger charge is 2.19. The van der Waals surface area contributed by atoms with Gasteiger partial charge in [-0.05, 0) is 19.1 Å². The van der Waals surface area contributed by atoms with Gasteiger partial charge in [-0.25, -0.2) is 4.98 Å². The SMILES string of the molecule is CC(C)c1nc(C(C)NC2CCSC2)cs1. The monoisotopic (exact) mass is 256 g/mol. The molecule has 90 valence electrons. The van der Waals surface area contributed by atoms with Crippen LogP contribution in [-0.4, -0.2) is 22.5 Å². The van der Waals surface area contributed by atoms with Gasteiger partial charge in [-0.2, -0.15) is 11.8 Å². The molecule has 1 aliphatic heterocycles. The summed E-state index contributed by atoms with van der Waals surface area (Å²) in [5.74, 6) is 3.11. The van der Waals surface area contributed by atoms with Gasteiger partial charge >= 0.3 is 0 Å². The van der Waals surface area contributed by atoms with Gasteiger partial charge < -0.3 is 5.32 Å². The van der Waals surface area contributed by atoms with Gasteiger partial charge in [0.05, 0.1) is 10.7 Å². The molecule has 0 radical (unpaired) electrons. The second-order valence-electron chi connectivity index (χ2n) is 4.71. The molecule has 1 aromatic rings.